The Labute approximate surface area is 118 Å². The molecule has 0 spiro atoms. The molecule has 2 rings (SSSR count). The van der Waals surface area contributed by atoms with E-state index in [0.29, 0.717) is 35.4 Å². The second kappa shape index (κ2) is 6.78. The maximum absolute atomic E-state index is 12.2. The largest absolute Gasteiger partial charge is 0.493 e. The highest BCUT2D eigenvalue weighted by atomic mass is 35.5. The lowest BCUT2D eigenvalue weighted by Crippen LogP contribution is -2.48. The molecule has 1 aromatic rings. The lowest BCUT2D eigenvalue weighted by Gasteiger charge is -2.27. The molecular formula is C14H19ClN2O2. The first kappa shape index (κ1) is 14.2. The van der Waals surface area contributed by atoms with Gasteiger partial charge in [0.05, 0.1) is 12.2 Å². The Hall–Kier alpha value is -1.26. The first-order valence-corrected chi connectivity index (χ1v) is 6.99. The van der Waals surface area contributed by atoms with Crippen molar-refractivity contribution in [3.05, 3.63) is 28.8 Å². The van der Waals surface area contributed by atoms with Crippen LogP contribution in [-0.2, 0) is 0 Å². The van der Waals surface area contributed by atoms with Crippen molar-refractivity contribution in [2.75, 3.05) is 26.2 Å². The molecule has 104 valence electrons. The van der Waals surface area contributed by atoms with E-state index in [9.17, 15) is 4.79 Å². The van der Waals surface area contributed by atoms with Gasteiger partial charge >= 0.3 is 0 Å². The van der Waals surface area contributed by atoms with Crippen LogP contribution in [0.4, 0.5) is 0 Å². The molecular weight excluding hydrogens is 264 g/mol. The Morgan fingerprint density at radius 1 is 1.53 bits per heavy atom. The fourth-order valence-electron chi connectivity index (χ4n) is 1.84. The van der Waals surface area contributed by atoms with Crippen molar-refractivity contribution in [1.29, 1.82) is 0 Å². The van der Waals surface area contributed by atoms with Crippen LogP contribution >= 0.6 is 11.6 Å². The van der Waals surface area contributed by atoms with Crippen LogP contribution < -0.4 is 15.4 Å². The highest BCUT2D eigenvalue weighted by Crippen LogP contribution is 2.23. The number of carbonyl (C=O) groups is 1. The van der Waals surface area contributed by atoms with Gasteiger partial charge in [-0.2, -0.15) is 0 Å². The van der Waals surface area contributed by atoms with Gasteiger partial charge in [-0.3, -0.25) is 4.79 Å². The summed E-state index contributed by atoms with van der Waals surface area (Å²) in [6, 6.07) is 5.14. The fourth-order valence-corrected chi connectivity index (χ4v) is 2.01. The number of nitrogens with one attached hydrogen (secondary N) is 2. The van der Waals surface area contributed by atoms with E-state index < -0.39 is 0 Å². The predicted molar refractivity (Wildman–Crippen MR) is 75.9 cm³/mol. The summed E-state index contributed by atoms with van der Waals surface area (Å²) in [5.41, 5.74) is 0.508. The van der Waals surface area contributed by atoms with Crippen LogP contribution in [0.5, 0.6) is 5.75 Å². The molecule has 0 aromatic heterocycles. The SMILES string of the molecule is CCCOc1ccc(Cl)cc1C(=O)NCC1CNC1. The van der Waals surface area contributed by atoms with Crippen LogP contribution in [0.2, 0.25) is 5.02 Å². The third-order valence-corrected chi connectivity index (χ3v) is 3.30. The van der Waals surface area contributed by atoms with Crippen molar-refractivity contribution >= 4 is 17.5 Å². The number of carbonyl (C=O) groups excluding carboxylic acids is 1. The van der Waals surface area contributed by atoms with Crippen molar-refractivity contribution in [2.45, 2.75) is 13.3 Å². The van der Waals surface area contributed by atoms with Crippen LogP contribution in [-0.4, -0.2) is 32.1 Å². The zero-order valence-electron chi connectivity index (χ0n) is 11.0. The quantitative estimate of drug-likeness (QED) is 0.840. The molecule has 1 amide bonds. The Kier molecular flexibility index (Phi) is 5.05. The first-order valence-electron chi connectivity index (χ1n) is 6.62. The third-order valence-electron chi connectivity index (χ3n) is 3.07. The number of hydrogen-bond acceptors (Lipinski definition) is 3. The average Bonchev–Trinajstić information content (AvgIpc) is 2.35. The van der Waals surface area contributed by atoms with Crippen LogP contribution in [0, 0.1) is 5.92 Å². The summed E-state index contributed by atoms with van der Waals surface area (Å²) in [5, 5.41) is 6.64. The van der Waals surface area contributed by atoms with Gasteiger partial charge < -0.3 is 15.4 Å². The van der Waals surface area contributed by atoms with Gasteiger partial charge in [0.15, 0.2) is 0 Å². The summed E-state index contributed by atoms with van der Waals surface area (Å²) in [4.78, 5) is 12.2. The van der Waals surface area contributed by atoms with E-state index in [1.165, 1.54) is 0 Å². The minimum absolute atomic E-state index is 0.125. The molecule has 19 heavy (non-hydrogen) atoms. The second-order valence-electron chi connectivity index (χ2n) is 4.72. The zero-order valence-corrected chi connectivity index (χ0v) is 11.8. The van der Waals surface area contributed by atoms with Crippen LogP contribution in [0.15, 0.2) is 18.2 Å². The molecule has 0 aliphatic carbocycles. The van der Waals surface area contributed by atoms with Crippen LogP contribution in [0.3, 0.4) is 0 Å². The van der Waals surface area contributed by atoms with Gasteiger partial charge in [0.25, 0.3) is 5.91 Å². The smallest absolute Gasteiger partial charge is 0.255 e. The van der Waals surface area contributed by atoms with E-state index in [4.69, 9.17) is 16.3 Å². The zero-order chi connectivity index (χ0) is 13.7. The molecule has 0 atom stereocenters. The summed E-state index contributed by atoms with van der Waals surface area (Å²) in [7, 11) is 0. The van der Waals surface area contributed by atoms with E-state index in [2.05, 4.69) is 10.6 Å². The van der Waals surface area contributed by atoms with E-state index >= 15 is 0 Å². The lowest BCUT2D eigenvalue weighted by molar-refractivity contribution is 0.0938. The molecule has 2 N–H and O–H groups in total. The molecule has 0 bridgehead atoms. The number of ether oxygens (including phenoxy) is 1. The molecule has 1 aliphatic rings. The molecule has 1 heterocycles. The minimum Gasteiger partial charge on any atom is -0.493 e. The first-order chi connectivity index (χ1) is 9.20. The van der Waals surface area contributed by atoms with Gasteiger partial charge in [0, 0.05) is 30.6 Å². The summed E-state index contributed by atoms with van der Waals surface area (Å²) in [6.07, 6.45) is 0.900. The van der Waals surface area contributed by atoms with E-state index in [1.807, 2.05) is 6.92 Å². The van der Waals surface area contributed by atoms with Gasteiger partial charge in [-0.05, 0) is 24.6 Å². The average molecular weight is 283 g/mol. The van der Waals surface area contributed by atoms with E-state index in [0.717, 1.165) is 19.5 Å². The lowest BCUT2D eigenvalue weighted by atomic mass is 10.0. The third kappa shape index (κ3) is 3.85. The van der Waals surface area contributed by atoms with E-state index in [-0.39, 0.29) is 5.91 Å². The Bertz CT molecular complexity index is 447. The molecule has 5 heteroatoms. The van der Waals surface area contributed by atoms with Crippen molar-refractivity contribution < 1.29 is 9.53 Å². The van der Waals surface area contributed by atoms with Crippen molar-refractivity contribution in [3.8, 4) is 5.75 Å². The number of halogens is 1. The van der Waals surface area contributed by atoms with Crippen molar-refractivity contribution in [3.63, 3.8) is 0 Å². The van der Waals surface area contributed by atoms with E-state index in [1.54, 1.807) is 18.2 Å². The van der Waals surface area contributed by atoms with Crippen LogP contribution in [0.1, 0.15) is 23.7 Å². The topological polar surface area (TPSA) is 50.4 Å². The Morgan fingerprint density at radius 3 is 2.95 bits per heavy atom. The molecule has 0 radical (unpaired) electrons. The van der Waals surface area contributed by atoms with Gasteiger partial charge in [-0.15, -0.1) is 0 Å². The number of benzene rings is 1. The minimum atomic E-state index is -0.125. The standard InChI is InChI=1S/C14H19ClN2O2/c1-2-5-19-13-4-3-11(15)6-12(13)14(18)17-9-10-7-16-8-10/h3-4,6,10,16H,2,5,7-9H2,1H3,(H,17,18). The summed E-state index contributed by atoms with van der Waals surface area (Å²) < 4.78 is 5.58. The van der Waals surface area contributed by atoms with Gasteiger partial charge in [0.1, 0.15) is 5.75 Å². The monoisotopic (exact) mass is 282 g/mol. The molecule has 1 fully saturated rings. The predicted octanol–water partition coefficient (Wildman–Crippen LogP) is 2.08. The van der Waals surface area contributed by atoms with Crippen molar-refractivity contribution in [2.24, 2.45) is 5.92 Å². The maximum atomic E-state index is 12.2. The summed E-state index contributed by atoms with van der Waals surface area (Å²) in [5.74, 6) is 0.999. The Morgan fingerprint density at radius 2 is 2.32 bits per heavy atom. The normalized spacial score (nSPS) is 14.8. The summed E-state index contributed by atoms with van der Waals surface area (Å²) in [6.45, 7) is 5.24. The highest BCUT2D eigenvalue weighted by molar-refractivity contribution is 6.31. The molecule has 4 nitrogen and oxygen atoms in total. The summed E-state index contributed by atoms with van der Waals surface area (Å²) >= 11 is 5.95. The number of hydrogen-bond donors (Lipinski definition) is 2. The Balaban J connectivity index is 2.02. The number of amides is 1. The van der Waals surface area contributed by atoms with Crippen LogP contribution in [0.25, 0.3) is 0 Å². The van der Waals surface area contributed by atoms with Gasteiger partial charge in [0.2, 0.25) is 0 Å². The second-order valence-corrected chi connectivity index (χ2v) is 5.16. The van der Waals surface area contributed by atoms with Gasteiger partial charge in [-0.1, -0.05) is 18.5 Å². The number of rotatable bonds is 6. The molecule has 0 saturated carbocycles. The molecule has 1 aromatic carbocycles. The molecule has 1 aliphatic heterocycles. The van der Waals surface area contributed by atoms with Gasteiger partial charge in [-0.25, -0.2) is 0 Å². The molecule has 1 saturated heterocycles. The molecule has 0 unspecified atom stereocenters. The fraction of sp³-hybridized carbons (Fsp3) is 0.500. The van der Waals surface area contributed by atoms with Crippen molar-refractivity contribution in [1.82, 2.24) is 10.6 Å². The maximum Gasteiger partial charge on any atom is 0.255 e. The highest BCUT2D eigenvalue weighted by Gasteiger charge is 2.19.